The normalized spacial score (nSPS) is 30.5. The molecular weight excluding hydrogens is 157 g/mol. The van der Waals surface area contributed by atoms with Gasteiger partial charge in [-0.1, -0.05) is 0 Å². The second-order valence-corrected chi connectivity index (χ2v) is 3.46. The van der Waals surface area contributed by atoms with Crippen LogP contribution >= 0.6 is 0 Å². The lowest BCUT2D eigenvalue weighted by atomic mass is 9.94. The van der Waals surface area contributed by atoms with Crippen LogP contribution in [0.4, 0.5) is 4.39 Å². The maximum Gasteiger partial charge on any atom is 0.0916 e. The average molecular weight is 175 g/mol. The highest BCUT2D eigenvalue weighted by molar-refractivity contribution is 4.75. The highest BCUT2D eigenvalue weighted by atomic mass is 19.1. The van der Waals surface area contributed by atoms with Crippen LogP contribution in [0.2, 0.25) is 0 Å². The van der Waals surface area contributed by atoms with Crippen molar-refractivity contribution in [2.24, 2.45) is 5.73 Å². The molecule has 2 N–H and O–H groups in total. The van der Waals surface area contributed by atoms with Crippen LogP contribution in [0.1, 0.15) is 32.1 Å². The SMILES string of the molecule is NC1CCCC(OCCCF)C1. The third-order valence-corrected chi connectivity index (χ3v) is 2.30. The highest BCUT2D eigenvalue weighted by Gasteiger charge is 2.18. The number of nitrogens with two attached hydrogens (primary N) is 1. The molecule has 0 radical (unpaired) electrons. The Morgan fingerprint density at radius 3 is 2.92 bits per heavy atom. The molecule has 1 aliphatic rings. The Kier molecular flexibility index (Phi) is 4.54. The smallest absolute Gasteiger partial charge is 0.0916 e. The molecular formula is C9H18FNO. The summed E-state index contributed by atoms with van der Waals surface area (Å²) in [5.41, 5.74) is 5.78. The Labute approximate surface area is 73.3 Å². The molecule has 0 aromatic carbocycles. The molecule has 12 heavy (non-hydrogen) atoms. The number of ether oxygens (including phenoxy) is 1. The summed E-state index contributed by atoms with van der Waals surface area (Å²) < 4.78 is 17.2. The first-order valence-electron chi connectivity index (χ1n) is 4.76. The first-order valence-corrected chi connectivity index (χ1v) is 4.76. The van der Waals surface area contributed by atoms with Gasteiger partial charge in [-0.25, -0.2) is 0 Å². The number of alkyl halides is 1. The lowest BCUT2D eigenvalue weighted by Crippen LogP contribution is -2.32. The molecule has 2 atom stereocenters. The number of rotatable bonds is 4. The molecule has 0 amide bonds. The van der Waals surface area contributed by atoms with E-state index in [-0.39, 0.29) is 6.67 Å². The standard InChI is InChI=1S/C9H18FNO/c10-5-2-6-12-9-4-1-3-8(11)7-9/h8-9H,1-7,11H2. The van der Waals surface area contributed by atoms with Crippen LogP contribution in [0.25, 0.3) is 0 Å². The van der Waals surface area contributed by atoms with E-state index in [0.29, 0.717) is 25.2 Å². The van der Waals surface area contributed by atoms with Gasteiger partial charge < -0.3 is 10.5 Å². The summed E-state index contributed by atoms with van der Waals surface area (Å²) in [6.07, 6.45) is 5.13. The molecule has 0 aliphatic heterocycles. The van der Waals surface area contributed by atoms with Crippen molar-refractivity contribution in [1.29, 1.82) is 0 Å². The maximum absolute atomic E-state index is 11.7. The van der Waals surface area contributed by atoms with Gasteiger partial charge in [-0.15, -0.1) is 0 Å². The topological polar surface area (TPSA) is 35.2 Å². The van der Waals surface area contributed by atoms with Crippen LogP contribution in [0.5, 0.6) is 0 Å². The van der Waals surface area contributed by atoms with Crippen molar-refractivity contribution in [3.63, 3.8) is 0 Å². The van der Waals surface area contributed by atoms with Gasteiger partial charge >= 0.3 is 0 Å². The van der Waals surface area contributed by atoms with E-state index in [1.165, 1.54) is 0 Å². The van der Waals surface area contributed by atoms with Crippen molar-refractivity contribution >= 4 is 0 Å². The maximum atomic E-state index is 11.7. The van der Waals surface area contributed by atoms with Crippen molar-refractivity contribution in [2.75, 3.05) is 13.3 Å². The van der Waals surface area contributed by atoms with Crippen LogP contribution in [0, 0.1) is 0 Å². The molecule has 3 heteroatoms. The summed E-state index contributed by atoms with van der Waals surface area (Å²) in [5, 5.41) is 0. The fourth-order valence-corrected chi connectivity index (χ4v) is 1.64. The number of hydrogen-bond donors (Lipinski definition) is 1. The van der Waals surface area contributed by atoms with Crippen LogP contribution in [0.3, 0.4) is 0 Å². The lowest BCUT2D eigenvalue weighted by molar-refractivity contribution is 0.0203. The van der Waals surface area contributed by atoms with Crippen molar-refractivity contribution in [3.8, 4) is 0 Å². The van der Waals surface area contributed by atoms with Crippen LogP contribution in [-0.2, 0) is 4.74 Å². The summed E-state index contributed by atoms with van der Waals surface area (Å²) >= 11 is 0. The van der Waals surface area contributed by atoms with Gasteiger partial charge in [0.1, 0.15) is 0 Å². The minimum absolute atomic E-state index is 0.279. The molecule has 1 aliphatic carbocycles. The Morgan fingerprint density at radius 2 is 2.25 bits per heavy atom. The van der Waals surface area contributed by atoms with Crippen molar-refractivity contribution in [3.05, 3.63) is 0 Å². The molecule has 2 nitrogen and oxygen atoms in total. The molecule has 2 unspecified atom stereocenters. The molecule has 1 saturated carbocycles. The van der Waals surface area contributed by atoms with Gasteiger partial charge in [0.25, 0.3) is 0 Å². The predicted octanol–water partition coefficient (Wildman–Crippen LogP) is 1.63. The Hall–Kier alpha value is -0.150. The van der Waals surface area contributed by atoms with E-state index in [9.17, 15) is 4.39 Å². The van der Waals surface area contributed by atoms with Gasteiger partial charge in [-0.2, -0.15) is 0 Å². The number of halogens is 1. The summed E-state index contributed by atoms with van der Waals surface area (Å²) in [6, 6.07) is 0.300. The molecule has 72 valence electrons. The molecule has 1 fully saturated rings. The fourth-order valence-electron chi connectivity index (χ4n) is 1.64. The van der Waals surface area contributed by atoms with Gasteiger partial charge in [-0.3, -0.25) is 4.39 Å². The third kappa shape index (κ3) is 3.50. The van der Waals surface area contributed by atoms with Crippen LogP contribution in [-0.4, -0.2) is 25.4 Å². The second kappa shape index (κ2) is 5.49. The first kappa shape index (κ1) is 9.93. The minimum Gasteiger partial charge on any atom is -0.378 e. The second-order valence-electron chi connectivity index (χ2n) is 3.46. The van der Waals surface area contributed by atoms with E-state index in [4.69, 9.17) is 10.5 Å². The van der Waals surface area contributed by atoms with Gasteiger partial charge in [-0.05, 0) is 32.1 Å². The molecule has 0 aromatic rings. The van der Waals surface area contributed by atoms with E-state index in [1.807, 2.05) is 0 Å². The Morgan fingerprint density at radius 1 is 1.42 bits per heavy atom. The first-order chi connectivity index (χ1) is 5.83. The zero-order valence-electron chi connectivity index (χ0n) is 7.47. The molecule has 0 aromatic heterocycles. The molecule has 0 heterocycles. The van der Waals surface area contributed by atoms with Crippen LogP contribution < -0.4 is 5.73 Å². The highest BCUT2D eigenvalue weighted by Crippen LogP contribution is 2.19. The van der Waals surface area contributed by atoms with Gasteiger partial charge in [0, 0.05) is 12.6 Å². The van der Waals surface area contributed by atoms with Crippen LogP contribution in [0.15, 0.2) is 0 Å². The molecule has 1 rings (SSSR count). The number of hydrogen-bond acceptors (Lipinski definition) is 2. The zero-order valence-corrected chi connectivity index (χ0v) is 7.47. The van der Waals surface area contributed by atoms with Gasteiger partial charge in [0.15, 0.2) is 0 Å². The summed E-state index contributed by atoms with van der Waals surface area (Å²) in [7, 11) is 0. The summed E-state index contributed by atoms with van der Waals surface area (Å²) in [5.74, 6) is 0. The average Bonchev–Trinajstić information content (AvgIpc) is 2.05. The molecule has 0 saturated heterocycles. The predicted molar refractivity (Wildman–Crippen MR) is 46.8 cm³/mol. The Balaban J connectivity index is 2.06. The van der Waals surface area contributed by atoms with E-state index in [1.54, 1.807) is 0 Å². The van der Waals surface area contributed by atoms with E-state index in [2.05, 4.69) is 0 Å². The lowest BCUT2D eigenvalue weighted by Gasteiger charge is -2.26. The van der Waals surface area contributed by atoms with Gasteiger partial charge in [0.05, 0.1) is 12.8 Å². The minimum atomic E-state index is -0.279. The van der Waals surface area contributed by atoms with Crippen molar-refractivity contribution in [2.45, 2.75) is 44.2 Å². The Bertz CT molecular complexity index is 121. The molecule has 0 bridgehead atoms. The van der Waals surface area contributed by atoms with Gasteiger partial charge in [0.2, 0.25) is 0 Å². The van der Waals surface area contributed by atoms with E-state index < -0.39 is 0 Å². The third-order valence-electron chi connectivity index (χ3n) is 2.30. The van der Waals surface area contributed by atoms with E-state index in [0.717, 1.165) is 25.7 Å². The monoisotopic (exact) mass is 175 g/mol. The van der Waals surface area contributed by atoms with E-state index >= 15 is 0 Å². The molecule has 0 spiro atoms. The summed E-state index contributed by atoms with van der Waals surface area (Å²) in [4.78, 5) is 0. The summed E-state index contributed by atoms with van der Waals surface area (Å²) in [6.45, 7) is 0.270. The van der Waals surface area contributed by atoms with Crippen molar-refractivity contribution < 1.29 is 9.13 Å². The van der Waals surface area contributed by atoms with Crippen molar-refractivity contribution in [1.82, 2.24) is 0 Å². The quantitative estimate of drug-likeness (QED) is 0.659. The zero-order chi connectivity index (χ0) is 8.81. The largest absolute Gasteiger partial charge is 0.378 e. The fraction of sp³-hybridized carbons (Fsp3) is 1.00.